The van der Waals surface area contributed by atoms with E-state index in [1.165, 1.54) is 5.01 Å². The van der Waals surface area contributed by atoms with E-state index in [0.717, 1.165) is 0 Å². The molecule has 0 fully saturated rings. The summed E-state index contributed by atoms with van der Waals surface area (Å²) in [7, 11) is 0. The second kappa shape index (κ2) is 14.1. The third kappa shape index (κ3) is 9.21. The van der Waals surface area contributed by atoms with Gasteiger partial charge in [0.25, 0.3) is 0 Å². The molecule has 1 aliphatic heterocycles. The number of rotatable bonds is 15. The first kappa shape index (κ1) is 21.9. The molecule has 0 saturated carbocycles. The molecule has 1 aliphatic rings. The zero-order valence-electron chi connectivity index (χ0n) is 14.5. The number of aliphatic hydroxyl groups excluding tert-OH is 3. The molecule has 0 radical (unpaired) electrons. The van der Waals surface area contributed by atoms with Crippen LogP contribution in [0.1, 0.15) is 19.3 Å². The Bertz CT molecular complexity index is 407. The molecule has 10 heteroatoms. The predicted molar refractivity (Wildman–Crippen MR) is 92.2 cm³/mol. The molecule has 1 rings (SSSR count). The van der Waals surface area contributed by atoms with Gasteiger partial charge in [-0.05, 0) is 0 Å². The standard InChI is InChI=1S/C15H30N4O6/c16-19-14(2-8-24-11-5-21)17-13(1-7-23-10-4-20)18-15(19)3-9-25-12-6-22/h14,20-22H,1-12,16H2. The van der Waals surface area contributed by atoms with Crippen molar-refractivity contribution in [3.63, 3.8) is 0 Å². The number of nitrogens with zero attached hydrogens (tertiary/aromatic N) is 3. The van der Waals surface area contributed by atoms with E-state index in [9.17, 15) is 0 Å². The normalized spacial score (nSPS) is 17.6. The van der Waals surface area contributed by atoms with Gasteiger partial charge in [-0.25, -0.2) is 15.8 Å². The summed E-state index contributed by atoms with van der Waals surface area (Å²) in [5.74, 6) is 7.39. The molecule has 0 aromatic rings. The number of hydrogen-bond donors (Lipinski definition) is 4. The number of hydrogen-bond acceptors (Lipinski definition) is 10. The summed E-state index contributed by atoms with van der Waals surface area (Å²) < 4.78 is 15.8. The van der Waals surface area contributed by atoms with Crippen LogP contribution in [0.4, 0.5) is 0 Å². The Kier molecular flexibility index (Phi) is 12.3. The lowest BCUT2D eigenvalue weighted by Crippen LogP contribution is -2.48. The highest BCUT2D eigenvalue weighted by Crippen LogP contribution is 2.13. The van der Waals surface area contributed by atoms with Crippen LogP contribution in [0.3, 0.4) is 0 Å². The third-order valence-corrected chi connectivity index (χ3v) is 3.34. The highest BCUT2D eigenvalue weighted by molar-refractivity contribution is 5.98. The van der Waals surface area contributed by atoms with Gasteiger partial charge in [-0.2, -0.15) is 0 Å². The summed E-state index contributed by atoms with van der Waals surface area (Å²) >= 11 is 0. The van der Waals surface area contributed by atoms with Crippen molar-refractivity contribution in [1.82, 2.24) is 5.01 Å². The van der Waals surface area contributed by atoms with Crippen LogP contribution in [0, 0.1) is 0 Å². The van der Waals surface area contributed by atoms with Gasteiger partial charge in [0, 0.05) is 19.3 Å². The Balaban J connectivity index is 2.58. The van der Waals surface area contributed by atoms with Crippen LogP contribution in [-0.4, -0.2) is 97.6 Å². The van der Waals surface area contributed by atoms with Gasteiger partial charge in [0.1, 0.15) is 17.8 Å². The molecule has 0 saturated heterocycles. The van der Waals surface area contributed by atoms with Gasteiger partial charge in [-0.15, -0.1) is 0 Å². The van der Waals surface area contributed by atoms with Crippen molar-refractivity contribution in [2.24, 2.45) is 15.8 Å². The van der Waals surface area contributed by atoms with Crippen molar-refractivity contribution in [3.8, 4) is 0 Å². The Morgan fingerprint density at radius 1 is 0.840 bits per heavy atom. The summed E-state index contributed by atoms with van der Waals surface area (Å²) in [6, 6.07) is 0. The van der Waals surface area contributed by atoms with E-state index < -0.39 is 0 Å². The van der Waals surface area contributed by atoms with Gasteiger partial charge >= 0.3 is 0 Å². The Morgan fingerprint density at radius 2 is 1.40 bits per heavy atom. The van der Waals surface area contributed by atoms with E-state index in [4.69, 9.17) is 35.4 Å². The van der Waals surface area contributed by atoms with E-state index in [2.05, 4.69) is 9.98 Å². The van der Waals surface area contributed by atoms with E-state index >= 15 is 0 Å². The summed E-state index contributed by atoms with van der Waals surface area (Å²) in [5, 5.41) is 27.7. The fourth-order valence-electron chi connectivity index (χ4n) is 2.17. The first-order valence-corrected chi connectivity index (χ1v) is 8.47. The van der Waals surface area contributed by atoms with Crippen molar-refractivity contribution < 1.29 is 29.5 Å². The molecule has 0 amide bonds. The van der Waals surface area contributed by atoms with Gasteiger partial charge < -0.3 is 29.5 Å². The minimum absolute atomic E-state index is 0.0232. The van der Waals surface area contributed by atoms with Gasteiger partial charge in [0.2, 0.25) is 0 Å². The Morgan fingerprint density at radius 3 is 2.00 bits per heavy atom. The molecular formula is C15H30N4O6. The molecule has 0 aliphatic carbocycles. The maximum absolute atomic E-state index is 8.75. The van der Waals surface area contributed by atoms with Crippen molar-refractivity contribution in [3.05, 3.63) is 0 Å². The summed E-state index contributed by atoms with van der Waals surface area (Å²) in [4.78, 5) is 8.97. The molecule has 10 nitrogen and oxygen atoms in total. The number of hydrazine groups is 1. The van der Waals surface area contributed by atoms with Crippen molar-refractivity contribution in [1.29, 1.82) is 0 Å². The SMILES string of the molecule is NN1C(CCOCCO)=NC(CCOCCO)=NC1CCOCCO. The van der Waals surface area contributed by atoms with Crippen molar-refractivity contribution in [2.75, 3.05) is 59.5 Å². The lowest BCUT2D eigenvalue weighted by molar-refractivity contribution is 0.0781. The molecule has 0 aromatic carbocycles. The molecule has 1 atom stereocenters. The number of aliphatic hydroxyl groups is 3. The smallest absolute Gasteiger partial charge is 0.140 e. The molecule has 25 heavy (non-hydrogen) atoms. The van der Waals surface area contributed by atoms with Crippen LogP contribution in [0.2, 0.25) is 0 Å². The fourth-order valence-corrected chi connectivity index (χ4v) is 2.17. The molecule has 0 spiro atoms. The largest absolute Gasteiger partial charge is 0.394 e. The molecule has 0 bridgehead atoms. The number of amidine groups is 2. The van der Waals surface area contributed by atoms with E-state index in [0.29, 0.717) is 50.8 Å². The summed E-state index contributed by atoms with van der Waals surface area (Å²) in [5.41, 5.74) is 0. The number of nitrogens with two attached hydrogens (primary N) is 1. The molecule has 1 unspecified atom stereocenters. The zero-order valence-corrected chi connectivity index (χ0v) is 14.5. The maximum Gasteiger partial charge on any atom is 0.140 e. The fraction of sp³-hybridized carbons (Fsp3) is 0.867. The lowest BCUT2D eigenvalue weighted by Gasteiger charge is -2.31. The van der Waals surface area contributed by atoms with Crippen LogP contribution < -0.4 is 5.84 Å². The summed E-state index contributed by atoms with van der Waals surface area (Å²) in [6.45, 7) is 1.98. The first-order valence-electron chi connectivity index (χ1n) is 8.47. The van der Waals surface area contributed by atoms with E-state index in [1.807, 2.05) is 0 Å². The quantitative estimate of drug-likeness (QED) is 0.204. The third-order valence-electron chi connectivity index (χ3n) is 3.34. The van der Waals surface area contributed by atoms with Crippen LogP contribution in [0.5, 0.6) is 0 Å². The van der Waals surface area contributed by atoms with Gasteiger partial charge in [0.05, 0.1) is 59.5 Å². The highest BCUT2D eigenvalue weighted by atomic mass is 16.5. The predicted octanol–water partition coefficient (Wildman–Crippen LogP) is -1.50. The molecule has 146 valence electrons. The van der Waals surface area contributed by atoms with E-state index in [-0.39, 0.29) is 45.8 Å². The van der Waals surface area contributed by atoms with Crippen LogP contribution in [-0.2, 0) is 14.2 Å². The minimum atomic E-state index is -0.308. The monoisotopic (exact) mass is 362 g/mol. The van der Waals surface area contributed by atoms with E-state index in [1.54, 1.807) is 0 Å². The Labute approximate surface area is 147 Å². The lowest BCUT2D eigenvalue weighted by atomic mass is 10.2. The molecule has 0 aromatic heterocycles. The van der Waals surface area contributed by atoms with Crippen molar-refractivity contribution in [2.45, 2.75) is 25.4 Å². The van der Waals surface area contributed by atoms with Crippen molar-refractivity contribution >= 4 is 11.7 Å². The second-order valence-corrected chi connectivity index (χ2v) is 5.26. The molecule has 1 heterocycles. The average Bonchev–Trinajstić information content (AvgIpc) is 2.62. The molecular weight excluding hydrogens is 332 g/mol. The Hall–Kier alpha value is -1.14. The average molecular weight is 362 g/mol. The maximum atomic E-state index is 8.75. The minimum Gasteiger partial charge on any atom is -0.394 e. The summed E-state index contributed by atoms with van der Waals surface area (Å²) in [6.07, 6.45) is 1.27. The van der Waals surface area contributed by atoms with Crippen LogP contribution in [0.15, 0.2) is 9.98 Å². The zero-order chi connectivity index (χ0) is 18.3. The highest BCUT2D eigenvalue weighted by Gasteiger charge is 2.23. The van der Waals surface area contributed by atoms with Gasteiger partial charge in [0.15, 0.2) is 0 Å². The van der Waals surface area contributed by atoms with Gasteiger partial charge in [-0.1, -0.05) is 0 Å². The van der Waals surface area contributed by atoms with Gasteiger partial charge in [-0.3, -0.25) is 5.01 Å². The molecule has 5 N–H and O–H groups in total. The second-order valence-electron chi connectivity index (χ2n) is 5.26. The number of ether oxygens (including phenoxy) is 3. The van der Waals surface area contributed by atoms with Crippen LogP contribution in [0.25, 0.3) is 0 Å². The van der Waals surface area contributed by atoms with Crippen LogP contribution >= 0.6 is 0 Å². The topological polar surface area (TPSA) is 142 Å². The first-order chi connectivity index (χ1) is 12.2. The number of aliphatic imine (C=N–C) groups is 2.